The number of aliphatic carboxylic acids is 1. The van der Waals surface area contributed by atoms with Crippen LogP contribution in [0.4, 0.5) is 10.2 Å². The second-order valence-electron chi connectivity index (χ2n) is 8.40. The van der Waals surface area contributed by atoms with E-state index in [1.54, 1.807) is 12.1 Å². The maximum atomic E-state index is 13.6. The number of rotatable bonds is 5. The molecular formula is C27H24FN3O3. The lowest BCUT2D eigenvalue weighted by molar-refractivity contribution is -0.179. The Kier molecular flexibility index (Phi) is 5.42. The molecule has 1 aliphatic rings. The molecule has 0 saturated carbocycles. The van der Waals surface area contributed by atoms with Crippen molar-refractivity contribution in [1.82, 2.24) is 9.78 Å². The van der Waals surface area contributed by atoms with Crippen molar-refractivity contribution >= 4 is 11.8 Å². The van der Waals surface area contributed by atoms with Crippen molar-refractivity contribution < 1.29 is 19.4 Å². The molecule has 5 rings (SSSR count). The summed E-state index contributed by atoms with van der Waals surface area (Å²) in [4.78, 5) is 12.8. The molecule has 0 aliphatic carbocycles. The van der Waals surface area contributed by atoms with E-state index in [2.05, 4.69) is 10.4 Å². The van der Waals surface area contributed by atoms with Crippen LogP contribution < -0.4 is 5.32 Å². The van der Waals surface area contributed by atoms with Crippen LogP contribution in [0.1, 0.15) is 35.6 Å². The van der Waals surface area contributed by atoms with Crippen LogP contribution in [0.5, 0.6) is 0 Å². The Labute approximate surface area is 196 Å². The Morgan fingerprint density at radius 3 is 2.15 bits per heavy atom. The highest BCUT2D eigenvalue weighted by atomic mass is 19.1. The van der Waals surface area contributed by atoms with Crippen molar-refractivity contribution in [2.45, 2.75) is 31.0 Å². The average molecular weight is 458 g/mol. The van der Waals surface area contributed by atoms with Gasteiger partial charge in [0.15, 0.2) is 0 Å². The van der Waals surface area contributed by atoms with Gasteiger partial charge in [-0.2, -0.15) is 5.10 Å². The first kappa shape index (κ1) is 21.9. The van der Waals surface area contributed by atoms with Crippen molar-refractivity contribution in [3.8, 4) is 11.3 Å². The molecule has 3 N–H and O–H groups in total. The molecule has 0 saturated heterocycles. The summed E-state index contributed by atoms with van der Waals surface area (Å²) >= 11 is 0. The van der Waals surface area contributed by atoms with E-state index in [4.69, 9.17) is 0 Å². The maximum Gasteiger partial charge on any atom is 0.360 e. The lowest BCUT2D eigenvalue weighted by Gasteiger charge is -2.44. The van der Waals surface area contributed by atoms with E-state index in [-0.39, 0.29) is 5.82 Å². The lowest BCUT2D eigenvalue weighted by atomic mass is 9.77. The third kappa shape index (κ3) is 3.36. The predicted molar refractivity (Wildman–Crippen MR) is 127 cm³/mol. The summed E-state index contributed by atoms with van der Waals surface area (Å²) in [5, 5.41) is 30.5. The first-order valence-corrected chi connectivity index (χ1v) is 11.2. The number of carbonyl (C=O) groups is 1. The topological polar surface area (TPSA) is 87.4 Å². The minimum atomic E-state index is -2.37. The van der Waals surface area contributed by atoms with Crippen LogP contribution in [-0.4, -0.2) is 26.0 Å². The molecule has 0 radical (unpaired) electrons. The summed E-state index contributed by atoms with van der Waals surface area (Å²) in [6.45, 7) is 1.94. The largest absolute Gasteiger partial charge is 0.478 e. The van der Waals surface area contributed by atoms with Gasteiger partial charge in [-0.05, 0) is 41.8 Å². The van der Waals surface area contributed by atoms with Crippen LogP contribution in [0.2, 0.25) is 0 Å². The van der Waals surface area contributed by atoms with E-state index in [1.165, 1.54) is 16.8 Å². The number of carboxylic acids is 1. The smallest absolute Gasteiger partial charge is 0.360 e. The van der Waals surface area contributed by atoms with Crippen LogP contribution in [0.25, 0.3) is 11.3 Å². The Balaban J connectivity index is 1.79. The average Bonchev–Trinajstić information content (AvgIpc) is 3.24. The second-order valence-corrected chi connectivity index (χ2v) is 8.40. The normalized spacial score (nSPS) is 21.5. The van der Waals surface area contributed by atoms with Crippen molar-refractivity contribution in [1.29, 1.82) is 0 Å². The molecule has 34 heavy (non-hydrogen) atoms. The number of nitrogens with one attached hydrogen (secondary N) is 1. The fourth-order valence-electron chi connectivity index (χ4n) is 4.86. The molecule has 1 aliphatic heterocycles. The van der Waals surface area contributed by atoms with E-state index < -0.39 is 23.7 Å². The van der Waals surface area contributed by atoms with Crippen molar-refractivity contribution in [3.05, 3.63) is 107 Å². The Morgan fingerprint density at radius 1 is 1.00 bits per heavy atom. The molecule has 0 spiro atoms. The summed E-state index contributed by atoms with van der Waals surface area (Å²) in [7, 11) is 0. The van der Waals surface area contributed by atoms with Crippen LogP contribution in [0, 0.1) is 5.82 Å². The van der Waals surface area contributed by atoms with Gasteiger partial charge in [0.25, 0.3) is 5.72 Å². The fourth-order valence-corrected chi connectivity index (χ4v) is 4.86. The summed E-state index contributed by atoms with van der Waals surface area (Å²) in [6, 6.07) is 23.9. The number of fused-ring (bicyclic) bond motifs is 1. The molecule has 2 heterocycles. The number of aliphatic hydroxyl groups is 1. The maximum absolute atomic E-state index is 13.6. The molecule has 6 nitrogen and oxygen atoms in total. The van der Waals surface area contributed by atoms with Crippen molar-refractivity contribution in [2.75, 3.05) is 5.32 Å². The molecule has 0 fully saturated rings. The minimum absolute atomic E-state index is 0.376. The standard InChI is InChI=1S/C27H24FN3O3/c1-2-21-23(19-13-15-20(28)16-14-19)30-31-25(21)29-24(18-11-7-4-8-12-18)22(27(31,34)26(32)33)17-9-5-3-6-10-17/h3-16,22,24,29,34H,2H2,1H3,(H,32,33). The molecule has 0 bridgehead atoms. The highest BCUT2D eigenvalue weighted by Gasteiger charge is 2.56. The number of nitrogens with zero attached hydrogens (tertiary/aromatic N) is 2. The van der Waals surface area contributed by atoms with Gasteiger partial charge in [-0.3, -0.25) is 0 Å². The Morgan fingerprint density at radius 2 is 1.59 bits per heavy atom. The molecule has 3 atom stereocenters. The zero-order chi connectivity index (χ0) is 23.9. The van der Waals surface area contributed by atoms with Gasteiger partial charge in [0, 0.05) is 11.1 Å². The van der Waals surface area contributed by atoms with E-state index in [1.807, 2.05) is 67.6 Å². The number of aromatic nitrogens is 2. The monoisotopic (exact) mass is 457 g/mol. The number of benzene rings is 3. The molecule has 7 heteroatoms. The summed E-state index contributed by atoms with van der Waals surface area (Å²) < 4.78 is 14.7. The molecule has 3 unspecified atom stereocenters. The van der Waals surface area contributed by atoms with E-state index in [0.717, 1.165) is 11.1 Å². The van der Waals surface area contributed by atoms with Gasteiger partial charge in [-0.1, -0.05) is 67.6 Å². The van der Waals surface area contributed by atoms with Crippen LogP contribution in [-0.2, 0) is 16.9 Å². The predicted octanol–water partition coefficient (Wildman–Crippen LogP) is 4.93. The molecule has 0 amide bonds. The molecule has 4 aromatic rings. The highest BCUT2D eigenvalue weighted by molar-refractivity contribution is 5.80. The molecule has 172 valence electrons. The zero-order valence-corrected chi connectivity index (χ0v) is 18.5. The van der Waals surface area contributed by atoms with E-state index >= 15 is 0 Å². The van der Waals surface area contributed by atoms with Gasteiger partial charge in [-0.15, -0.1) is 0 Å². The third-order valence-corrected chi connectivity index (χ3v) is 6.47. The molecular weight excluding hydrogens is 433 g/mol. The summed E-state index contributed by atoms with van der Waals surface area (Å²) in [6.07, 6.45) is 0.530. The Hall–Kier alpha value is -3.97. The zero-order valence-electron chi connectivity index (χ0n) is 18.5. The van der Waals surface area contributed by atoms with Gasteiger partial charge in [0.1, 0.15) is 11.6 Å². The van der Waals surface area contributed by atoms with Crippen molar-refractivity contribution in [2.24, 2.45) is 0 Å². The Bertz CT molecular complexity index is 1320. The van der Waals surface area contributed by atoms with Crippen LogP contribution >= 0.6 is 0 Å². The van der Waals surface area contributed by atoms with Gasteiger partial charge >= 0.3 is 5.97 Å². The van der Waals surface area contributed by atoms with Gasteiger partial charge < -0.3 is 15.5 Å². The lowest BCUT2D eigenvalue weighted by Crippen LogP contribution is -2.54. The second kappa shape index (κ2) is 8.43. The number of hydrogen-bond acceptors (Lipinski definition) is 4. The number of hydrogen-bond donors (Lipinski definition) is 3. The third-order valence-electron chi connectivity index (χ3n) is 6.47. The van der Waals surface area contributed by atoms with Crippen LogP contribution in [0.15, 0.2) is 84.9 Å². The van der Waals surface area contributed by atoms with E-state index in [9.17, 15) is 19.4 Å². The first-order chi connectivity index (χ1) is 16.4. The summed E-state index contributed by atoms with van der Waals surface area (Å²) in [5.41, 5.74) is 1.03. The van der Waals surface area contributed by atoms with E-state index in [0.29, 0.717) is 29.1 Å². The van der Waals surface area contributed by atoms with Crippen LogP contribution in [0.3, 0.4) is 0 Å². The number of carboxylic acid groups (broad SMARTS) is 1. The molecule has 3 aromatic carbocycles. The van der Waals surface area contributed by atoms with Crippen molar-refractivity contribution in [3.63, 3.8) is 0 Å². The van der Waals surface area contributed by atoms with Gasteiger partial charge in [-0.25, -0.2) is 13.9 Å². The van der Waals surface area contributed by atoms with Gasteiger partial charge in [0.05, 0.1) is 17.7 Å². The minimum Gasteiger partial charge on any atom is -0.478 e. The quantitative estimate of drug-likeness (QED) is 0.396. The van der Waals surface area contributed by atoms with Gasteiger partial charge in [0.2, 0.25) is 0 Å². The molecule has 1 aromatic heterocycles. The number of anilines is 1. The SMILES string of the molecule is CCc1c(-c2ccc(F)cc2)nn2c1NC(c1ccccc1)C(c1ccccc1)C2(O)C(=O)O. The number of halogens is 1. The summed E-state index contributed by atoms with van der Waals surface area (Å²) in [5.74, 6) is -2.22. The fraction of sp³-hybridized carbons (Fsp3) is 0.185. The highest BCUT2D eigenvalue weighted by Crippen LogP contribution is 2.50. The first-order valence-electron chi connectivity index (χ1n) is 11.2.